The van der Waals surface area contributed by atoms with Crippen molar-refractivity contribution in [1.29, 1.82) is 0 Å². The fourth-order valence-corrected chi connectivity index (χ4v) is 6.44. The molecular weight excluding hydrogens is 434 g/mol. The fraction of sp³-hybridized carbons (Fsp3) is 0.481. The topological polar surface area (TPSA) is 40.9 Å². The molecule has 3 aliphatic rings. The van der Waals surface area contributed by atoms with Gasteiger partial charge in [0.2, 0.25) is 0 Å². The Balaban J connectivity index is 1.44. The fourth-order valence-electron chi connectivity index (χ4n) is 6.32. The minimum Gasteiger partial charge on any atom is -0.497 e. The number of benzene rings is 2. The predicted molar refractivity (Wildman–Crippen MR) is 132 cm³/mol. The van der Waals surface area contributed by atoms with E-state index in [2.05, 4.69) is 51.7 Å². The van der Waals surface area contributed by atoms with E-state index < -0.39 is 0 Å². The van der Waals surface area contributed by atoms with Crippen LogP contribution in [0.25, 0.3) is 10.9 Å². The standard InChI is InChI=1S/C27H32ClN3O2/c1-29-23-11-21(33-2)9-10-22(23)25-26(29)24(14-32)31(13-19-5-7-20(28)8-6-19)17-27(25)15-30(16-27)12-18-3-4-18/h5-11,18,24,32H,3-4,12-17H2,1-2H3/t24-/m1/s1. The molecule has 6 heteroatoms. The number of hydrogen-bond donors (Lipinski definition) is 1. The Morgan fingerprint density at radius 1 is 1.09 bits per heavy atom. The maximum absolute atomic E-state index is 10.6. The normalized spacial score (nSPS) is 22.5. The number of aliphatic hydroxyl groups excluding tert-OH is 1. The summed E-state index contributed by atoms with van der Waals surface area (Å²) >= 11 is 6.13. The molecule has 1 saturated heterocycles. The number of aryl methyl sites for hydroxylation is 1. The first-order chi connectivity index (χ1) is 16.0. The van der Waals surface area contributed by atoms with Crippen LogP contribution in [0.3, 0.4) is 0 Å². The monoisotopic (exact) mass is 465 g/mol. The van der Waals surface area contributed by atoms with E-state index in [0.29, 0.717) is 0 Å². The third-order valence-corrected chi connectivity index (χ3v) is 8.24. The summed E-state index contributed by atoms with van der Waals surface area (Å²) in [4.78, 5) is 5.12. The van der Waals surface area contributed by atoms with Crippen LogP contribution >= 0.6 is 11.6 Å². The number of ether oxygens (including phenoxy) is 1. The van der Waals surface area contributed by atoms with Gasteiger partial charge >= 0.3 is 0 Å². The molecule has 3 heterocycles. The number of aliphatic hydroxyl groups is 1. The lowest BCUT2D eigenvalue weighted by Gasteiger charge is -2.56. The second kappa shape index (κ2) is 8.02. The van der Waals surface area contributed by atoms with E-state index in [-0.39, 0.29) is 18.1 Å². The summed E-state index contributed by atoms with van der Waals surface area (Å²) in [6.45, 7) is 5.28. The summed E-state index contributed by atoms with van der Waals surface area (Å²) in [7, 11) is 3.86. The highest BCUT2D eigenvalue weighted by atomic mass is 35.5. The van der Waals surface area contributed by atoms with Crippen molar-refractivity contribution in [1.82, 2.24) is 14.4 Å². The van der Waals surface area contributed by atoms with Gasteiger partial charge in [0.25, 0.3) is 0 Å². The molecule has 5 nitrogen and oxygen atoms in total. The smallest absolute Gasteiger partial charge is 0.120 e. The van der Waals surface area contributed by atoms with Crippen molar-refractivity contribution in [2.45, 2.75) is 30.8 Å². The Kier molecular flexibility index (Phi) is 5.22. The summed E-state index contributed by atoms with van der Waals surface area (Å²) in [6.07, 6.45) is 2.77. The van der Waals surface area contributed by atoms with Crippen LogP contribution in [0.1, 0.15) is 35.7 Å². The number of fused-ring (bicyclic) bond motifs is 4. The van der Waals surface area contributed by atoms with Gasteiger partial charge in [0.1, 0.15) is 5.75 Å². The van der Waals surface area contributed by atoms with Gasteiger partial charge in [-0.25, -0.2) is 0 Å². The van der Waals surface area contributed by atoms with Gasteiger partial charge in [-0.2, -0.15) is 0 Å². The minimum atomic E-state index is -0.0396. The highest BCUT2D eigenvalue weighted by Gasteiger charge is 2.53. The maximum atomic E-state index is 10.6. The van der Waals surface area contributed by atoms with E-state index in [4.69, 9.17) is 16.3 Å². The summed E-state index contributed by atoms with van der Waals surface area (Å²) in [6, 6.07) is 14.5. The molecule has 3 aromatic rings. The molecule has 2 aliphatic heterocycles. The molecule has 2 aromatic carbocycles. The van der Waals surface area contributed by atoms with E-state index in [1.54, 1.807) is 7.11 Å². The number of likely N-dealkylation sites (tertiary alicyclic amines) is 1. The Morgan fingerprint density at radius 3 is 2.52 bits per heavy atom. The van der Waals surface area contributed by atoms with E-state index in [1.807, 2.05) is 12.1 Å². The lowest BCUT2D eigenvalue weighted by atomic mass is 9.68. The molecule has 174 valence electrons. The molecule has 0 amide bonds. The first-order valence-corrected chi connectivity index (χ1v) is 12.4. The second-order valence-electron chi connectivity index (χ2n) is 10.3. The average molecular weight is 466 g/mol. The number of rotatable bonds is 6. The molecule has 1 aromatic heterocycles. The molecule has 2 fully saturated rings. The van der Waals surface area contributed by atoms with Gasteiger partial charge in [0, 0.05) is 67.4 Å². The first kappa shape index (κ1) is 21.5. The number of nitrogens with zero attached hydrogens (tertiary/aromatic N) is 3. The molecule has 6 rings (SSSR count). The summed E-state index contributed by atoms with van der Waals surface area (Å²) in [5.41, 5.74) is 5.21. The predicted octanol–water partition coefficient (Wildman–Crippen LogP) is 4.35. The van der Waals surface area contributed by atoms with Crippen LogP contribution in [0, 0.1) is 5.92 Å². The summed E-state index contributed by atoms with van der Waals surface area (Å²) in [5, 5.41) is 12.7. The van der Waals surface area contributed by atoms with Crippen molar-refractivity contribution in [3.05, 3.63) is 64.3 Å². The van der Waals surface area contributed by atoms with Crippen molar-refractivity contribution in [3.8, 4) is 5.75 Å². The van der Waals surface area contributed by atoms with Crippen molar-refractivity contribution >= 4 is 22.5 Å². The lowest BCUT2D eigenvalue weighted by Crippen LogP contribution is -2.66. The van der Waals surface area contributed by atoms with Gasteiger partial charge in [-0.1, -0.05) is 23.7 Å². The molecule has 1 spiro atoms. The summed E-state index contributed by atoms with van der Waals surface area (Å²) in [5.74, 6) is 1.77. The van der Waals surface area contributed by atoms with Gasteiger partial charge in [-0.05, 0) is 54.2 Å². The molecule has 1 aliphatic carbocycles. The Hall–Kier alpha value is -2.05. The quantitative estimate of drug-likeness (QED) is 0.587. The highest BCUT2D eigenvalue weighted by molar-refractivity contribution is 6.30. The molecule has 0 unspecified atom stereocenters. The largest absolute Gasteiger partial charge is 0.497 e. The van der Waals surface area contributed by atoms with Crippen molar-refractivity contribution in [2.75, 3.05) is 39.9 Å². The zero-order chi connectivity index (χ0) is 22.7. The zero-order valence-electron chi connectivity index (χ0n) is 19.4. The van der Waals surface area contributed by atoms with E-state index in [1.165, 1.54) is 47.1 Å². The molecule has 0 radical (unpaired) electrons. The Labute approximate surface area is 200 Å². The average Bonchev–Trinajstić information content (AvgIpc) is 3.57. The Bertz CT molecular complexity index is 1180. The van der Waals surface area contributed by atoms with E-state index in [9.17, 15) is 5.11 Å². The first-order valence-electron chi connectivity index (χ1n) is 12.0. The van der Waals surface area contributed by atoms with Crippen molar-refractivity contribution in [2.24, 2.45) is 13.0 Å². The van der Waals surface area contributed by atoms with Crippen LogP contribution in [0.4, 0.5) is 0 Å². The van der Waals surface area contributed by atoms with Gasteiger partial charge in [0.05, 0.1) is 25.3 Å². The third-order valence-electron chi connectivity index (χ3n) is 7.98. The lowest BCUT2D eigenvalue weighted by molar-refractivity contribution is -0.0110. The van der Waals surface area contributed by atoms with Crippen LogP contribution in [0.15, 0.2) is 42.5 Å². The SMILES string of the molecule is COc1ccc2c3c(n(C)c2c1)[C@@H](CO)N(Cc1ccc(Cl)cc1)CC31CN(CC2CC2)C1. The van der Waals surface area contributed by atoms with Crippen molar-refractivity contribution < 1.29 is 9.84 Å². The zero-order valence-corrected chi connectivity index (χ0v) is 20.2. The van der Waals surface area contributed by atoms with E-state index >= 15 is 0 Å². The molecule has 1 atom stereocenters. The molecule has 1 N–H and O–H groups in total. The second-order valence-corrected chi connectivity index (χ2v) is 10.8. The third kappa shape index (κ3) is 3.57. The van der Waals surface area contributed by atoms with E-state index in [0.717, 1.165) is 42.9 Å². The van der Waals surface area contributed by atoms with Gasteiger partial charge in [-0.3, -0.25) is 4.90 Å². The molecule has 33 heavy (non-hydrogen) atoms. The Morgan fingerprint density at radius 2 is 1.85 bits per heavy atom. The van der Waals surface area contributed by atoms with Crippen LogP contribution < -0.4 is 4.74 Å². The van der Waals surface area contributed by atoms with Crippen molar-refractivity contribution in [3.63, 3.8) is 0 Å². The molecule has 0 bridgehead atoms. The van der Waals surface area contributed by atoms with Crippen LogP contribution in [-0.4, -0.2) is 59.4 Å². The maximum Gasteiger partial charge on any atom is 0.120 e. The number of methoxy groups -OCH3 is 1. The highest BCUT2D eigenvalue weighted by Crippen LogP contribution is 2.50. The van der Waals surface area contributed by atoms with Crippen LogP contribution in [0.2, 0.25) is 5.02 Å². The minimum absolute atomic E-state index is 0.0396. The molecule has 1 saturated carbocycles. The molecular formula is C27H32ClN3O2. The van der Waals surface area contributed by atoms with Crippen LogP contribution in [0.5, 0.6) is 5.75 Å². The van der Waals surface area contributed by atoms with Crippen LogP contribution in [-0.2, 0) is 19.0 Å². The van der Waals surface area contributed by atoms with Gasteiger partial charge in [0.15, 0.2) is 0 Å². The van der Waals surface area contributed by atoms with Gasteiger partial charge < -0.3 is 19.3 Å². The summed E-state index contributed by atoms with van der Waals surface area (Å²) < 4.78 is 7.84. The number of hydrogen-bond acceptors (Lipinski definition) is 4. The number of aromatic nitrogens is 1. The van der Waals surface area contributed by atoms with Gasteiger partial charge in [-0.15, -0.1) is 0 Å². The number of halogens is 1.